The highest BCUT2D eigenvalue weighted by Crippen LogP contribution is 2.31. The van der Waals surface area contributed by atoms with Crippen LogP contribution < -0.4 is 11.1 Å². The Morgan fingerprint density at radius 3 is 2.45 bits per heavy atom. The van der Waals surface area contributed by atoms with Gasteiger partial charge in [-0.2, -0.15) is 13.2 Å². The van der Waals surface area contributed by atoms with Gasteiger partial charge < -0.3 is 11.1 Å². The maximum absolute atomic E-state index is 12.7. The average Bonchev–Trinajstić information content (AvgIpc) is 2.80. The maximum Gasteiger partial charge on any atom is 0.416 e. The first-order valence-electron chi connectivity index (χ1n) is 11.1. The summed E-state index contributed by atoms with van der Waals surface area (Å²) in [6, 6.07) is 13.0. The lowest BCUT2D eigenvalue weighted by Gasteiger charge is -2.25. The van der Waals surface area contributed by atoms with Gasteiger partial charge in [0, 0.05) is 30.0 Å². The molecule has 0 spiro atoms. The Morgan fingerprint density at radius 1 is 1.03 bits per heavy atom. The van der Waals surface area contributed by atoms with Gasteiger partial charge >= 0.3 is 6.18 Å². The molecule has 1 fully saturated rings. The summed E-state index contributed by atoms with van der Waals surface area (Å²) in [6.45, 7) is 0.355. The fourth-order valence-corrected chi connectivity index (χ4v) is 4.37. The highest BCUT2D eigenvalue weighted by Gasteiger charge is 2.29. The van der Waals surface area contributed by atoms with Crippen LogP contribution in [0, 0.1) is 5.92 Å². The molecule has 33 heavy (non-hydrogen) atoms. The normalized spacial score (nSPS) is 18.8. The predicted molar refractivity (Wildman–Crippen MR) is 125 cm³/mol. The van der Waals surface area contributed by atoms with E-state index in [4.69, 9.17) is 17.3 Å². The Bertz CT molecular complexity index is 1080. The van der Waals surface area contributed by atoms with E-state index in [1.165, 1.54) is 12.1 Å². The molecular formula is C25H26ClF3N4. The zero-order valence-corrected chi connectivity index (χ0v) is 18.8. The summed E-state index contributed by atoms with van der Waals surface area (Å²) in [5.41, 5.74) is 8.60. The largest absolute Gasteiger partial charge is 0.416 e. The standard InChI is InChI=1S/C25H26ClF3N4/c26-22-15-31-20(12-16-6-10-19(30)11-7-16)13-21(22)23-2-1-3-24(33-23)32-14-17-4-8-18(9-5-17)25(27,28)29/h1-5,8-9,13,15-16,19H,6-7,10-12,14,30H2,(H,32,33). The Kier molecular flexibility index (Phi) is 7.20. The molecule has 3 aromatic rings. The summed E-state index contributed by atoms with van der Waals surface area (Å²) < 4.78 is 38.2. The van der Waals surface area contributed by atoms with E-state index in [0.717, 1.165) is 61.1 Å². The molecule has 0 atom stereocenters. The number of anilines is 1. The van der Waals surface area contributed by atoms with Crippen molar-refractivity contribution in [3.63, 3.8) is 0 Å². The minimum atomic E-state index is -4.34. The Hall–Kier alpha value is -2.64. The number of aromatic nitrogens is 2. The number of pyridine rings is 2. The molecule has 0 aliphatic heterocycles. The van der Waals surface area contributed by atoms with Gasteiger partial charge in [0.1, 0.15) is 5.82 Å². The molecule has 0 amide bonds. The zero-order valence-electron chi connectivity index (χ0n) is 18.1. The zero-order chi connectivity index (χ0) is 23.4. The van der Waals surface area contributed by atoms with Crippen LogP contribution in [0.4, 0.5) is 19.0 Å². The first kappa shape index (κ1) is 23.5. The van der Waals surface area contributed by atoms with E-state index in [-0.39, 0.29) is 0 Å². The number of nitrogens with zero attached hydrogens (tertiary/aromatic N) is 2. The van der Waals surface area contributed by atoms with Gasteiger partial charge in [-0.05, 0) is 73.9 Å². The van der Waals surface area contributed by atoms with Crippen molar-refractivity contribution in [3.05, 3.63) is 76.6 Å². The van der Waals surface area contributed by atoms with Crippen molar-refractivity contribution in [1.82, 2.24) is 9.97 Å². The quantitative estimate of drug-likeness (QED) is 0.428. The summed E-state index contributed by atoms with van der Waals surface area (Å²) in [4.78, 5) is 9.17. The number of nitrogens with one attached hydrogen (secondary N) is 1. The Morgan fingerprint density at radius 2 is 1.76 bits per heavy atom. The van der Waals surface area contributed by atoms with Gasteiger partial charge in [0.25, 0.3) is 0 Å². The third kappa shape index (κ3) is 6.24. The average molecular weight is 475 g/mol. The summed E-state index contributed by atoms with van der Waals surface area (Å²) in [6.07, 6.45) is 2.56. The number of rotatable bonds is 6. The van der Waals surface area contributed by atoms with Gasteiger partial charge in [-0.3, -0.25) is 4.98 Å². The molecule has 4 rings (SSSR count). The third-order valence-corrected chi connectivity index (χ3v) is 6.38. The Labute approximate surface area is 196 Å². The van der Waals surface area contributed by atoms with Crippen LogP contribution in [0.25, 0.3) is 11.3 Å². The number of halogens is 4. The molecule has 0 unspecified atom stereocenters. The number of benzene rings is 1. The predicted octanol–water partition coefficient (Wildman–Crippen LogP) is 6.49. The molecule has 1 saturated carbocycles. The van der Waals surface area contributed by atoms with E-state index >= 15 is 0 Å². The smallest absolute Gasteiger partial charge is 0.366 e. The van der Waals surface area contributed by atoms with Crippen molar-refractivity contribution in [1.29, 1.82) is 0 Å². The molecular weight excluding hydrogens is 449 g/mol. The lowest BCUT2D eigenvalue weighted by molar-refractivity contribution is -0.137. The van der Waals surface area contributed by atoms with Gasteiger partial charge in [0.15, 0.2) is 0 Å². The monoisotopic (exact) mass is 474 g/mol. The van der Waals surface area contributed by atoms with E-state index in [9.17, 15) is 13.2 Å². The summed E-state index contributed by atoms with van der Waals surface area (Å²) in [5.74, 6) is 1.19. The molecule has 8 heteroatoms. The molecule has 0 bridgehead atoms. The van der Waals surface area contributed by atoms with Crippen LogP contribution in [0.5, 0.6) is 0 Å². The minimum Gasteiger partial charge on any atom is -0.366 e. The van der Waals surface area contributed by atoms with Crippen LogP contribution in [0.15, 0.2) is 54.7 Å². The van der Waals surface area contributed by atoms with E-state index in [0.29, 0.717) is 35.0 Å². The highest BCUT2D eigenvalue weighted by molar-refractivity contribution is 6.33. The highest BCUT2D eigenvalue weighted by atomic mass is 35.5. The molecule has 1 aromatic carbocycles. The lowest BCUT2D eigenvalue weighted by Crippen LogP contribution is -2.27. The van der Waals surface area contributed by atoms with E-state index in [1.807, 2.05) is 24.3 Å². The first-order valence-corrected chi connectivity index (χ1v) is 11.4. The Balaban J connectivity index is 1.44. The van der Waals surface area contributed by atoms with Crippen LogP contribution in [-0.4, -0.2) is 16.0 Å². The fourth-order valence-electron chi connectivity index (χ4n) is 4.17. The summed E-state index contributed by atoms with van der Waals surface area (Å²) in [5, 5.41) is 3.70. The van der Waals surface area contributed by atoms with Crippen LogP contribution in [-0.2, 0) is 19.1 Å². The van der Waals surface area contributed by atoms with Crippen molar-refractivity contribution in [2.75, 3.05) is 5.32 Å². The van der Waals surface area contributed by atoms with Crippen LogP contribution in [0.2, 0.25) is 5.02 Å². The minimum absolute atomic E-state index is 0.317. The van der Waals surface area contributed by atoms with E-state index in [2.05, 4.69) is 15.3 Å². The van der Waals surface area contributed by atoms with Gasteiger partial charge in [-0.1, -0.05) is 29.8 Å². The van der Waals surface area contributed by atoms with Crippen molar-refractivity contribution in [2.45, 2.75) is 50.9 Å². The molecule has 4 nitrogen and oxygen atoms in total. The maximum atomic E-state index is 12.7. The second kappa shape index (κ2) is 10.1. The molecule has 0 saturated heterocycles. The number of alkyl halides is 3. The molecule has 0 radical (unpaired) electrons. The van der Waals surface area contributed by atoms with Crippen molar-refractivity contribution < 1.29 is 13.2 Å². The third-order valence-electron chi connectivity index (χ3n) is 6.08. The van der Waals surface area contributed by atoms with Crippen molar-refractivity contribution in [3.8, 4) is 11.3 Å². The molecule has 174 valence electrons. The van der Waals surface area contributed by atoms with Gasteiger partial charge in [0.05, 0.1) is 16.3 Å². The molecule has 1 aliphatic carbocycles. The van der Waals surface area contributed by atoms with E-state index < -0.39 is 11.7 Å². The molecule has 2 heterocycles. The number of nitrogens with two attached hydrogens (primary N) is 1. The summed E-state index contributed by atoms with van der Waals surface area (Å²) >= 11 is 6.44. The fraction of sp³-hybridized carbons (Fsp3) is 0.360. The van der Waals surface area contributed by atoms with Crippen LogP contribution in [0.1, 0.15) is 42.5 Å². The molecule has 2 aromatic heterocycles. The molecule has 3 N–H and O–H groups in total. The molecule has 1 aliphatic rings. The lowest BCUT2D eigenvalue weighted by atomic mass is 9.83. The van der Waals surface area contributed by atoms with Gasteiger partial charge in [-0.15, -0.1) is 0 Å². The summed E-state index contributed by atoms with van der Waals surface area (Å²) in [7, 11) is 0. The second-order valence-electron chi connectivity index (χ2n) is 8.60. The first-order chi connectivity index (χ1) is 15.8. The van der Waals surface area contributed by atoms with Gasteiger partial charge in [0.2, 0.25) is 0 Å². The van der Waals surface area contributed by atoms with Gasteiger partial charge in [-0.25, -0.2) is 4.98 Å². The second-order valence-corrected chi connectivity index (χ2v) is 9.00. The van der Waals surface area contributed by atoms with Crippen molar-refractivity contribution >= 4 is 17.4 Å². The van der Waals surface area contributed by atoms with Crippen LogP contribution in [0.3, 0.4) is 0 Å². The number of hydrogen-bond donors (Lipinski definition) is 2. The SMILES string of the molecule is NC1CCC(Cc2cc(-c3cccc(NCc4ccc(C(F)(F)F)cc4)n3)c(Cl)cn2)CC1. The van der Waals surface area contributed by atoms with Crippen molar-refractivity contribution in [2.24, 2.45) is 11.7 Å². The van der Waals surface area contributed by atoms with Crippen LogP contribution >= 0.6 is 11.6 Å². The topological polar surface area (TPSA) is 63.8 Å². The van der Waals surface area contributed by atoms with E-state index in [1.54, 1.807) is 6.20 Å². The number of hydrogen-bond acceptors (Lipinski definition) is 4.